The van der Waals surface area contributed by atoms with Gasteiger partial charge in [-0.2, -0.15) is 0 Å². The van der Waals surface area contributed by atoms with E-state index >= 15 is 0 Å². The fraction of sp³-hybridized carbons (Fsp3) is 0.242. The third kappa shape index (κ3) is 6.48. The Morgan fingerprint density at radius 3 is 2.28 bits per heavy atom. The molecule has 0 saturated carbocycles. The number of carbonyl (C=O) groups is 1. The van der Waals surface area contributed by atoms with Crippen LogP contribution in [0.25, 0.3) is 21.8 Å². The van der Waals surface area contributed by atoms with E-state index in [2.05, 4.69) is 36.3 Å². The zero-order chi connectivity index (χ0) is 27.4. The van der Waals surface area contributed by atoms with Gasteiger partial charge in [-0.15, -0.1) is 0 Å². The lowest BCUT2D eigenvalue weighted by molar-refractivity contribution is 0.0996. The first-order valence-corrected chi connectivity index (χ1v) is 13.2. The van der Waals surface area contributed by atoms with Crippen molar-refractivity contribution in [2.75, 3.05) is 13.2 Å². The summed E-state index contributed by atoms with van der Waals surface area (Å²) < 4.78 is 12.0. The number of H-pyrrole nitrogens is 1. The molecule has 0 bridgehead atoms. The summed E-state index contributed by atoms with van der Waals surface area (Å²) in [6.07, 6.45) is 0.123. The monoisotopic (exact) mass is 522 g/mol. The molecule has 0 radical (unpaired) electrons. The van der Waals surface area contributed by atoms with Gasteiger partial charge in [0.25, 0.3) is 0 Å². The number of aliphatic hydroxyl groups excluding tert-OH is 1. The largest absolute Gasteiger partial charge is 0.490 e. The van der Waals surface area contributed by atoms with Crippen LogP contribution in [0.5, 0.6) is 17.2 Å². The summed E-state index contributed by atoms with van der Waals surface area (Å²) in [6, 6.07) is 29.2. The Bertz CT molecular complexity index is 1570. The Labute approximate surface area is 228 Å². The SMILES string of the molecule is CC(=O)c1ccc(Oc2ccc(CC(C)(C)NCC(O)COc3cccc4[nH]c5ccccc5c34)cc2)cc1. The molecule has 0 spiro atoms. The molecule has 5 aromatic rings. The van der Waals surface area contributed by atoms with Crippen LogP contribution >= 0.6 is 0 Å². The van der Waals surface area contributed by atoms with E-state index in [0.717, 1.165) is 45.3 Å². The minimum Gasteiger partial charge on any atom is -0.490 e. The third-order valence-electron chi connectivity index (χ3n) is 6.81. The van der Waals surface area contributed by atoms with Crippen LogP contribution in [0.4, 0.5) is 0 Å². The summed E-state index contributed by atoms with van der Waals surface area (Å²) in [5.74, 6) is 2.22. The average Bonchev–Trinajstić information content (AvgIpc) is 3.31. The number of ketones is 1. The van der Waals surface area contributed by atoms with E-state index in [1.807, 2.05) is 54.6 Å². The lowest BCUT2D eigenvalue weighted by atomic mass is 9.94. The van der Waals surface area contributed by atoms with Gasteiger partial charge in [-0.1, -0.05) is 36.4 Å². The van der Waals surface area contributed by atoms with Crippen molar-refractivity contribution < 1.29 is 19.4 Å². The molecule has 5 rings (SSSR count). The maximum absolute atomic E-state index is 11.4. The summed E-state index contributed by atoms with van der Waals surface area (Å²) in [4.78, 5) is 14.9. The molecule has 4 aromatic carbocycles. The molecule has 1 atom stereocenters. The van der Waals surface area contributed by atoms with Crippen LogP contribution in [-0.4, -0.2) is 40.7 Å². The number of rotatable bonds is 11. The first-order chi connectivity index (χ1) is 18.8. The van der Waals surface area contributed by atoms with Crippen LogP contribution in [0.1, 0.15) is 36.7 Å². The first kappa shape index (κ1) is 26.5. The number of aromatic nitrogens is 1. The number of hydrogen-bond donors (Lipinski definition) is 3. The second-order valence-corrected chi connectivity index (χ2v) is 10.6. The number of β-amino-alcohol motifs (C(OH)–C–C–N with tert-alkyl or cyclic N) is 1. The summed E-state index contributed by atoms with van der Waals surface area (Å²) >= 11 is 0. The maximum Gasteiger partial charge on any atom is 0.159 e. The van der Waals surface area contributed by atoms with Crippen molar-refractivity contribution in [3.8, 4) is 17.2 Å². The summed E-state index contributed by atoms with van der Waals surface area (Å²) in [7, 11) is 0. The van der Waals surface area contributed by atoms with E-state index in [9.17, 15) is 9.90 Å². The lowest BCUT2D eigenvalue weighted by Crippen LogP contribution is -2.46. The van der Waals surface area contributed by atoms with Crippen LogP contribution < -0.4 is 14.8 Å². The van der Waals surface area contributed by atoms with E-state index in [1.54, 1.807) is 31.2 Å². The Balaban J connectivity index is 1.13. The van der Waals surface area contributed by atoms with Crippen LogP contribution in [0.15, 0.2) is 91.0 Å². The van der Waals surface area contributed by atoms with Crippen LogP contribution in [-0.2, 0) is 6.42 Å². The van der Waals surface area contributed by atoms with E-state index in [1.165, 1.54) is 0 Å². The molecular formula is C33H34N2O4. The Hall–Kier alpha value is -4.13. The normalized spacial score (nSPS) is 12.5. The molecule has 200 valence electrons. The van der Waals surface area contributed by atoms with Crippen molar-refractivity contribution >= 4 is 27.6 Å². The van der Waals surface area contributed by atoms with E-state index in [4.69, 9.17) is 9.47 Å². The fourth-order valence-electron chi connectivity index (χ4n) is 4.77. The van der Waals surface area contributed by atoms with Crippen molar-refractivity contribution in [3.63, 3.8) is 0 Å². The van der Waals surface area contributed by atoms with Gasteiger partial charge < -0.3 is 24.9 Å². The molecule has 0 aliphatic carbocycles. The van der Waals surface area contributed by atoms with Gasteiger partial charge in [0.05, 0.1) is 5.52 Å². The van der Waals surface area contributed by atoms with Crippen molar-refractivity contribution in [2.24, 2.45) is 0 Å². The molecule has 0 saturated heterocycles. The number of carbonyl (C=O) groups excluding carboxylic acids is 1. The minimum absolute atomic E-state index is 0.0326. The summed E-state index contributed by atoms with van der Waals surface area (Å²) in [6.45, 7) is 6.39. The predicted octanol–water partition coefficient (Wildman–Crippen LogP) is 6.67. The van der Waals surface area contributed by atoms with E-state index < -0.39 is 6.10 Å². The average molecular weight is 523 g/mol. The van der Waals surface area contributed by atoms with Gasteiger partial charge in [-0.05, 0) is 87.4 Å². The number of aliphatic hydroxyl groups is 1. The maximum atomic E-state index is 11.4. The molecule has 1 unspecified atom stereocenters. The molecule has 0 fully saturated rings. The number of fused-ring (bicyclic) bond motifs is 3. The topological polar surface area (TPSA) is 83.6 Å². The van der Waals surface area contributed by atoms with Gasteiger partial charge in [-0.25, -0.2) is 0 Å². The zero-order valence-electron chi connectivity index (χ0n) is 22.5. The molecule has 6 nitrogen and oxygen atoms in total. The molecular weight excluding hydrogens is 488 g/mol. The number of para-hydroxylation sites is 1. The van der Waals surface area contributed by atoms with Gasteiger partial charge in [0.2, 0.25) is 0 Å². The van der Waals surface area contributed by atoms with E-state index in [0.29, 0.717) is 17.9 Å². The number of ether oxygens (including phenoxy) is 2. The van der Waals surface area contributed by atoms with Crippen LogP contribution in [0.2, 0.25) is 0 Å². The molecule has 0 amide bonds. The Morgan fingerprint density at radius 2 is 1.56 bits per heavy atom. The molecule has 3 N–H and O–H groups in total. The van der Waals surface area contributed by atoms with Gasteiger partial charge in [0.15, 0.2) is 5.78 Å². The highest BCUT2D eigenvalue weighted by atomic mass is 16.5. The van der Waals surface area contributed by atoms with Gasteiger partial charge in [-0.3, -0.25) is 4.79 Å². The van der Waals surface area contributed by atoms with Gasteiger partial charge >= 0.3 is 0 Å². The smallest absolute Gasteiger partial charge is 0.159 e. The molecule has 0 aliphatic rings. The highest BCUT2D eigenvalue weighted by molar-refractivity contribution is 6.10. The zero-order valence-corrected chi connectivity index (χ0v) is 22.5. The number of nitrogens with one attached hydrogen (secondary N) is 2. The van der Waals surface area contributed by atoms with E-state index in [-0.39, 0.29) is 17.9 Å². The standard InChI is InChI=1S/C33H34N2O4/c1-22(36)24-13-17-27(18-14-24)39-26-15-11-23(12-16-26)19-33(2,3)34-20-25(37)21-38-31-10-6-9-30-32(31)28-7-4-5-8-29(28)35-30/h4-18,25,34-35,37H,19-21H2,1-3H3. The summed E-state index contributed by atoms with van der Waals surface area (Å²) in [5.41, 5.74) is 3.67. The molecule has 1 aromatic heterocycles. The molecule has 39 heavy (non-hydrogen) atoms. The second kappa shape index (κ2) is 11.3. The van der Waals surface area contributed by atoms with Crippen molar-refractivity contribution in [1.82, 2.24) is 10.3 Å². The number of benzene rings is 4. The third-order valence-corrected chi connectivity index (χ3v) is 6.81. The molecule has 0 aliphatic heterocycles. The predicted molar refractivity (Wildman–Crippen MR) is 156 cm³/mol. The fourth-order valence-corrected chi connectivity index (χ4v) is 4.77. The first-order valence-electron chi connectivity index (χ1n) is 13.2. The van der Waals surface area contributed by atoms with Gasteiger partial charge in [0, 0.05) is 33.9 Å². The molecule has 6 heteroatoms. The van der Waals surface area contributed by atoms with Gasteiger partial charge in [0.1, 0.15) is 30.0 Å². The summed E-state index contributed by atoms with van der Waals surface area (Å²) in [5, 5.41) is 16.3. The lowest BCUT2D eigenvalue weighted by Gasteiger charge is -2.28. The second-order valence-electron chi connectivity index (χ2n) is 10.6. The van der Waals surface area contributed by atoms with Crippen LogP contribution in [0, 0.1) is 0 Å². The van der Waals surface area contributed by atoms with Crippen LogP contribution in [0.3, 0.4) is 0 Å². The highest BCUT2D eigenvalue weighted by Gasteiger charge is 2.20. The Kier molecular flexibility index (Phi) is 7.68. The number of aromatic amines is 1. The van der Waals surface area contributed by atoms with Crippen molar-refractivity contribution in [1.29, 1.82) is 0 Å². The van der Waals surface area contributed by atoms with Crippen molar-refractivity contribution in [2.45, 2.75) is 38.8 Å². The van der Waals surface area contributed by atoms with Crippen molar-refractivity contribution in [3.05, 3.63) is 102 Å². The molecule has 1 heterocycles. The Morgan fingerprint density at radius 1 is 0.897 bits per heavy atom. The highest BCUT2D eigenvalue weighted by Crippen LogP contribution is 2.33. The quantitative estimate of drug-likeness (QED) is 0.169. The number of Topliss-reactive ketones (excluding diaryl/α,β-unsaturated/α-hetero) is 1. The minimum atomic E-state index is -0.657. The number of hydrogen-bond acceptors (Lipinski definition) is 5.